The smallest absolute Gasteiger partial charge is 0.220 e. The molecule has 0 fully saturated rings. The lowest BCUT2D eigenvalue weighted by Gasteiger charge is -2.05. The zero-order valence-electron chi connectivity index (χ0n) is 8.50. The third-order valence-corrected chi connectivity index (χ3v) is 2.24. The number of nitrogens with two attached hydrogens (primary N) is 1. The summed E-state index contributed by atoms with van der Waals surface area (Å²) < 4.78 is 13.1. The van der Waals surface area contributed by atoms with Gasteiger partial charge < -0.3 is 5.73 Å². The summed E-state index contributed by atoms with van der Waals surface area (Å²) in [6.45, 7) is 2.05. The van der Waals surface area contributed by atoms with Gasteiger partial charge in [-0.1, -0.05) is 13.3 Å². The standard InChI is InChI=1S/C11H12FN3/c1-2-3-9-8-6-7(12)4-5-10(8)15-11(13)14-9/h4-6H,2-3H2,1H3,(H2,13,14,15). The molecular weight excluding hydrogens is 193 g/mol. The first kappa shape index (κ1) is 9.83. The van der Waals surface area contributed by atoms with Crippen molar-refractivity contribution < 1.29 is 4.39 Å². The van der Waals surface area contributed by atoms with Crippen molar-refractivity contribution in [3.63, 3.8) is 0 Å². The number of anilines is 1. The molecule has 0 bridgehead atoms. The van der Waals surface area contributed by atoms with E-state index in [-0.39, 0.29) is 11.8 Å². The molecule has 2 aromatic rings. The van der Waals surface area contributed by atoms with E-state index in [1.54, 1.807) is 6.07 Å². The van der Waals surface area contributed by atoms with E-state index in [1.807, 2.05) is 6.92 Å². The lowest BCUT2D eigenvalue weighted by Crippen LogP contribution is -2.00. The second-order valence-corrected chi connectivity index (χ2v) is 3.44. The van der Waals surface area contributed by atoms with Crippen LogP contribution in [-0.4, -0.2) is 9.97 Å². The lowest BCUT2D eigenvalue weighted by molar-refractivity contribution is 0.629. The number of benzene rings is 1. The van der Waals surface area contributed by atoms with E-state index in [9.17, 15) is 4.39 Å². The summed E-state index contributed by atoms with van der Waals surface area (Å²) in [4.78, 5) is 8.19. The van der Waals surface area contributed by atoms with Crippen LogP contribution in [0.15, 0.2) is 18.2 Å². The van der Waals surface area contributed by atoms with Crippen LogP contribution in [0.2, 0.25) is 0 Å². The van der Waals surface area contributed by atoms with Gasteiger partial charge in [-0.05, 0) is 24.6 Å². The number of nitrogen functional groups attached to an aromatic ring is 1. The van der Waals surface area contributed by atoms with Crippen LogP contribution in [0.25, 0.3) is 10.9 Å². The Hall–Kier alpha value is -1.71. The van der Waals surface area contributed by atoms with Gasteiger partial charge in [0.15, 0.2) is 0 Å². The maximum absolute atomic E-state index is 13.1. The fourth-order valence-corrected chi connectivity index (χ4v) is 1.61. The molecule has 0 aliphatic rings. The molecule has 0 unspecified atom stereocenters. The Morgan fingerprint density at radius 2 is 2.13 bits per heavy atom. The maximum Gasteiger partial charge on any atom is 0.220 e. The van der Waals surface area contributed by atoms with Crippen LogP contribution in [-0.2, 0) is 6.42 Å². The van der Waals surface area contributed by atoms with Gasteiger partial charge in [-0.3, -0.25) is 0 Å². The molecule has 0 saturated carbocycles. The maximum atomic E-state index is 13.1. The number of fused-ring (bicyclic) bond motifs is 1. The van der Waals surface area contributed by atoms with Gasteiger partial charge in [0.1, 0.15) is 5.82 Å². The summed E-state index contributed by atoms with van der Waals surface area (Å²) in [5.41, 5.74) is 7.10. The molecule has 1 aromatic carbocycles. The van der Waals surface area contributed by atoms with Gasteiger partial charge in [0, 0.05) is 5.39 Å². The average Bonchev–Trinajstić information content (AvgIpc) is 2.19. The van der Waals surface area contributed by atoms with Crippen LogP contribution in [0.1, 0.15) is 19.0 Å². The first-order valence-corrected chi connectivity index (χ1v) is 4.92. The fraction of sp³-hybridized carbons (Fsp3) is 0.273. The van der Waals surface area contributed by atoms with Gasteiger partial charge in [0.05, 0.1) is 11.2 Å². The number of aromatic nitrogens is 2. The predicted molar refractivity (Wildman–Crippen MR) is 57.9 cm³/mol. The van der Waals surface area contributed by atoms with Crippen molar-refractivity contribution in [1.82, 2.24) is 9.97 Å². The SMILES string of the molecule is CCCc1nc(N)nc2ccc(F)cc12. The Morgan fingerprint density at radius 1 is 1.33 bits per heavy atom. The molecule has 78 valence electrons. The van der Waals surface area contributed by atoms with Crippen LogP contribution in [0.5, 0.6) is 0 Å². The van der Waals surface area contributed by atoms with Crippen molar-refractivity contribution in [2.75, 3.05) is 5.73 Å². The number of hydrogen-bond acceptors (Lipinski definition) is 3. The van der Waals surface area contributed by atoms with Gasteiger partial charge in [-0.15, -0.1) is 0 Å². The highest BCUT2D eigenvalue weighted by Gasteiger charge is 2.06. The molecule has 0 atom stereocenters. The van der Waals surface area contributed by atoms with Crippen molar-refractivity contribution in [1.29, 1.82) is 0 Å². The number of hydrogen-bond donors (Lipinski definition) is 1. The van der Waals surface area contributed by atoms with E-state index < -0.39 is 0 Å². The number of aryl methyl sites for hydroxylation is 1. The Balaban J connectivity index is 2.70. The minimum Gasteiger partial charge on any atom is -0.368 e. The molecule has 4 heteroatoms. The molecule has 2 N–H and O–H groups in total. The molecule has 0 amide bonds. The topological polar surface area (TPSA) is 51.8 Å². The van der Waals surface area contributed by atoms with Gasteiger partial charge in [-0.2, -0.15) is 0 Å². The second kappa shape index (κ2) is 3.81. The summed E-state index contributed by atoms with van der Waals surface area (Å²) in [7, 11) is 0. The summed E-state index contributed by atoms with van der Waals surface area (Å²) >= 11 is 0. The van der Waals surface area contributed by atoms with Crippen molar-refractivity contribution in [2.45, 2.75) is 19.8 Å². The number of rotatable bonds is 2. The second-order valence-electron chi connectivity index (χ2n) is 3.44. The Bertz CT molecular complexity index is 496. The van der Waals surface area contributed by atoms with Gasteiger partial charge in [-0.25, -0.2) is 14.4 Å². The fourth-order valence-electron chi connectivity index (χ4n) is 1.61. The molecule has 2 rings (SSSR count). The van der Waals surface area contributed by atoms with E-state index in [4.69, 9.17) is 5.73 Å². The average molecular weight is 205 g/mol. The molecular formula is C11H12FN3. The molecule has 3 nitrogen and oxygen atoms in total. The van der Waals surface area contributed by atoms with E-state index >= 15 is 0 Å². The van der Waals surface area contributed by atoms with Crippen molar-refractivity contribution in [3.8, 4) is 0 Å². The van der Waals surface area contributed by atoms with Crippen LogP contribution < -0.4 is 5.73 Å². The highest BCUT2D eigenvalue weighted by molar-refractivity contribution is 5.81. The predicted octanol–water partition coefficient (Wildman–Crippen LogP) is 2.30. The molecule has 1 aromatic heterocycles. The normalized spacial score (nSPS) is 10.8. The van der Waals surface area contributed by atoms with E-state index in [0.717, 1.165) is 23.9 Å². The molecule has 0 saturated heterocycles. The van der Waals surface area contributed by atoms with Crippen molar-refractivity contribution in [2.24, 2.45) is 0 Å². The molecule has 0 aliphatic carbocycles. The van der Waals surface area contributed by atoms with Crippen LogP contribution in [0.3, 0.4) is 0 Å². The first-order chi connectivity index (χ1) is 7.20. The summed E-state index contributed by atoms with van der Waals surface area (Å²) in [6, 6.07) is 4.46. The molecule has 1 heterocycles. The molecule has 0 radical (unpaired) electrons. The van der Waals surface area contributed by atoms with Crippen molar-refractivity contribution in [3.05, 3.63) is 29.7 Å². The van der Waals surface area contributed by atoms with Crippen LogP contribution in [0, 0.1) is 5.82 Å². The van der Waals surface area contributed by atoms with Crippen LogP contribution in [0.4, 0.5) is 10.3 Å². The van der Waals surface area contributed by atoms with Gasteiger partial charge >= 0.3 is 0 Å². The van der Waals surface area contributed by atoms with E-state index in [2.05, 4.69) is 9.97 Å². The zero-order chi connectivity index (χ0) is 10.8. The van der Waals surface area contributed by atoms with E-state index in [1.165, 1.54) is 12.1 Å². The first-order valence-electron chi connectivity index (χ1n) is 4.92. The summed E-state index contributed by atoms with van der Waals surface area (Å²) in [6.07, 6.45) is 1.73. The molecule has 0 spiro atoms. The Kier molecular flexibility index (Phi) is 2.49. The highest BCUT2D eigenvalue weighted by atomic mass is 19.1. The molecule has 0 aliphatic heterocycles. The van der Waals surface area contributed by atoms with Crippen LogP contribution >= 0.6 is 0 Å². The zero-order valence-corrected chi connectivity index (χ0v) is 8.50. The summed E-state index contributed by atoms with van der Waals surface area (Å²) in [5, 5.41) is 0.756. The summed E-state index contributed by atoms with van der Waals surface area (Å²) in [5.74, 6) is -0.0224. The van der Waals surface area contributed by atoms with Gasteiger partial charge in [0.25, 0.3) is 0 Å². The third-order valence-electron chi connectivity index (χ3n) is 2.24. The number of halogens is 1. The minimum absolute atomic E-state index is 0.248. The minimum atomic E-state index is -0.270. The van der Waals surface area contributed by atoms with Gasteiger partial charge in [0.2, 0.25) is 5.95 Å². The largest absolute Gasteiger partial charge is 0.368 e. The monoisotopic (exact) mass is 205 g/mol. The quantitative estimate of drug-likeness (QED) is 0.818. The lowest BCUT2D eigenvalue weighted by atomic mass is 10.1. The van der Waals surface area contributed by atoms with E-state index in [0.29, 0.717) is 5.52 Å². The molecule has 15 heavy (non-hydrogen) atoms. The highest BCUT2D eigenvalue weighted by Crippen LogP contribution is 2.19. The Labute approximate surface area is 87.2 Å². The third kappa shape index (κ3) is 1.88. The van der Waals surface area contributed by atoms with Crippen molar-refractivity contribution >= 4 is 16.9 Å². The Morgan fingerprint density at radius 3 is 2.87 bits per heavy atom. The number of nitrogens with zero attached hydrogens (tertiary/aromatic N) is 2.